The zero-order valence-electron chi connectivity index (χ0n) is 17.3. The number of aliphatic hydroxyl groups excluding tert-OH is 1. The Morgan fingerprint density at radius 1 is 1.15 bits per heavy atom. The molecule has 0 spiro atoms. The number of hydrogen-bond acceptors (Lipinski definition) is 5. The normalized spacial score (nSPS) is 23.8. The van der Waals surface area contributed by atoms with Crippen LogP contribution in [-0.2, 0) is 6.54 Å². The number of rotatable bonds is 7. The lowest BCUT2D eigenvalue weighted by atomic mass is 9.97. The maximum atomic E-state index is 9.62. The van der Waals surface area contributed by atoms with Gasteiger partial charge in [0.2, 0.25) is 0 Å². The quantitative estimate of drug-likeness (QED) is 0.793. The minimum Gasteiger partial charge on any atom is -0.497 e. The summed E-state index contributed by atoms with van der Waals surface area (Å²) in [5.74, 6) is 0.926. The van der Waals surface area contributed by atoms with Crippen molar-refractivity contribution in [1.29, 1.82) is 0 Å². The Balaban J connectivity index is 1.58. The molecule has 1 aromatic rings. The Morgan fingerprint density at radius 2 is 1.93 bits per heavy atom. The van der Waals surface area contributed by atoms with E-state index in [0.717, 1.165) is 38.3 Å². The molecule has 5 nitrogen and oxygen atoms in total. The van der Waals surface area contributed by atoms with Crippen LogP contribution in [0.4, 0.5) is 0 Å². The predicted molar refractivity (Wildman–Crippen MR) is 110 cm³/mol. The van der Waals surface area contributed by atoms with E-state index in [4.69, 9.17) is 4.74 Å². The van der Waals surface area contributed by atoms with Gasteiger partial charge in [0.05, 0.1) is 7.11 Å². The first-order valence-corrected chi connectivity index (χ1v) is 10.6. The van der Waals surface area contributed by atoms with E-state index in [1.165, 1.54) is 31.5 Å². The van der Waals surface area contributed by atoms with Gasteiger partial charge in [-0.25, -0.2) is 0 Å². The van der Waals surface area contributed by atoms with Gasteiger partial charge >= 0.3 is 0 Å². The van der Waals surface area contributed by atoms with Crippen molar-refractivity contribution >= 4 is 0 Å². The van der Waals surface area contributed by atoms with Gasteiger partial charge in [0.1, 0.15) is 5.75 Å². The highest BCUT2D eigenvalue weighted by Gasteiger charge is 2.33. The van der Waals surface area contributed by atoms with Gasteiger partial charge in [0.15, 0.2) is 0 Å². The number of benzene rings is 1. The molecule has 2 fully saturated rings. The standard InChI is InChI=1S/C22H37N3O2/c1-18(2)24-10-7-20(8-11-24)25-13-12-23(17-21(25)9-14-26)16-19-5-4-6-22(15-19)27-3/h4-6,15,18,20-21,26H,7-14,16-17H2,1-3H3. The van der Waals surface area contributed by atoms with E-state index in [1.807, 2.05) is 6.07 Å². The maximum absolute atomic E-state index is 9.62. The van der Waals surface area contributed by atoms with Gasteiger partial charge in [0, 0.05) is 50.9 Å². The van der Waals surface area contributed by atoms with Crippen molar-refractivity contribution in [2.75, 3.05) is 46.4 Å². The van der Waals surface area contributed by atoms with Gasteiger partial charge < -0.3 is 14.7 Å². The van der Waals surface area contributed by atoms with E-state index >= 15 is 0 Å². The summed E-state index contributed by atoms with van der Waals surface area (Å²) in [5, 5.41) is 9.62. The van der Waals surface area contributed by atoms with E-state index in [1.54, 1.807) is 7.11 Å². The topological polar surface area (TPSA) is 39.2 Å². The smallest absolute Gasteiger partial charge is 0.119 e. The first-order chi connectivity index (χ1) is 13.1. The number of nitrogens with zero attached hydrogens (tertiary/aromatic N) is 3. The largest absolute Gasteiger partial charge is 0.497 e. The number of hydrogen-bond donors (Lipinski definition) is 1. The molecule has 0 saturated carbocycles. The fraction of sp³-hybridized carbons (Fsp3) is 0.727. The molecule has 1 unspecified atom stereocenters. The van der Waals surface area contributed by atoms with Gasteiger partial charge in [-0.2, -0.15) is 0 Å². The highest BCUT2D eigenvalue weighted by atomic mass is 16.5. The third-order valence-electron chi connectivity index (χ3n) is 6.31. The lowest BCUT2D eigenvalue weighted by molar-refractivity contribution is -0.0000388. The number of piperidine rings is 1. The molecule has 152 valence electrons. The van der Waals surface area contributed by atoms with Crippen molar-refractivity contribution in [1.82, 2.24) is 14.7 Å². The molecule has 1 atom stereocenters. The average Bonchev–Trinajstić information content (AvgIpc) is 2.69. The third-order valence-corrected chi connectivity index (χ3v) is 6.31. The Labute approximate surface area is 164 Å². The summed E-state index contributed by atoms with van der Waals surface area (Å²) in [7, 11) is 1.72. The molecule has 3 rings (SSSR count). The minimum atomic E-state index is 0.277. The summed E-state index contributed by atoms with van der Waals surface area (Å²) in [6.45, 7) is 11.5. The highest BCUT2D eigenvalue weighted by molar-refractivity contribution is 5.28. The van der Waals surface area contributed by atoms with Crippen LogP contribution in [0.15, 0.2) is 24.3 Å². The molecule has 2 saturated heterocycles. The molecule has 0 aliphatic carbocycles. The molecule has 0 aromatic heterocycles. The number of aliphatic hydroxyl groups is 1. The summed E-state index contributed by atoms with van der Waals surface area (Å²) in [6.07, 6.45) is 3.39. The van der Waals surface area contributed by atoms with Crippen molar-refractivity contribution < 1.29 is 9.84 Å². The maximum Gasteiger partial charge on any atom is 0.119 e. The van der Waals surface area contributed by atoms with Crippen molar-refractivity contribution in [3.8, 4) is 5.75 Å². The molecule has 0 amide bonds. The predicted octanol–water partition coefficient (Wildman–Crippen LogP) is 2.44. The lowest BCUT2D eigenvalue weighted by Gasteiger charge is -2.48. The molecule has 1 aromatic carbocycles. The second-order valence-electron chi connectivity index (χ2n) is 8.35. The Hall–Kier alpha value is -1.14. The van der Waals surface area contributed by atoms with E-state index < -0.39 is 0 Å². The molecular formula is C22H37N3O2. The fourth-order valence-corrected chi connectivity index (χ4v) is 4.73. The van der Waals surface area contributed by atoms with Crippen LogP contribution in [-0.4, -0.2) is 84.4 Å². The van der Waals surface area contributed by atoms with E-state index in [9.17, 15) is 5.11 Å². The van der Waals surface area contributed by atoms with Crippen LogP contribution in [0.25, 0.3) is 0 Å². The summed E-state index contributed by atoms with van der Waals surface area (Å²) >= 11 is 0. The van der Waals surface area contributed by atoms with Gasteiger partial charge in [-0.3, -0.25) is 9.80 Å². The Morgan fingerprint density at radius 3 is 2.59 bits per heavy atom. The van der Waals surface area contributed by atoms with Crippen LogP contribution in [0.3, 0.4) is 0 Å². The summed E-state index contributed by atoms with van der Waals surface area (Å²) in [4.78, 5) is 7.83. The molecule has 2 aliphatic rings. The van der Waals surface area contributed by atoms with E-state index in [0.29, 0.717) is 18.1 Å². The Kier molecular flexibility index (Phi) is 7.53. The Bertz CT molecular complexity index is 572. The van der Waals surface area contributed by atoms with Gasteiger partial charge in [-0.05, 0) is 63.9 Å². The van der Waals surface area contributed by atoms with Crippen LogP contribution in [0.2, 0.25) is 0 Å². The lowest BCUT2D eigenvalue weighted by Crippen LogP contribution is -2.58. The monoisotopic (exact) mass is 375 g/mol. The molecule has 5 heteroatoms. The zero-order chi connectivity index (χ0) is 19.2. The molecule has 27 heavy (non-hydrogen) atoms. The molecule has 0 bridgehead atoms. The van der Waals surface area contributed by atoms with Crippen molar-refractivity contribution in [3.63, 3.8) is 0 Å². The van der Waals surface area contributed by atoms with Crippen LogP contribution >= 0.6 is 0 Å². The SMILES string of the molecule is COc1cccc(CN2CCN(C3CCN(C(C)C)CC3)C(CCO)C2)c1. The van der Waals surface area contributed by atoms with Crippen LogP contribution in [0.5, 0.6) is 5.75 Å². The first kappa shape index (κ1) is 20.6. The second-order valence-corrected chi connectivity index (χ2v) is 8.35. The molecular weight excluding hydrogens is 338 g/mol. The number of ether oxygens (including phenoxy) is 1. The average molecular weight is 376 g/mol. The van der Waals surface area contributed by atoms with Gasteiger partial charge in [-0.15, -0.1) is 0 Å². The fourth-order valence-electron chi connectivity index (χ4n) is 4.73. The summed E-state index contributed by atoms with van der Waals surface area (Å²) < 4.78 is 5.36. The number of likely N-dealkylation sites (tertiary alicyclic amines) is 1. The zero-order valence-corrected chi connectivity index (χ0v) is 17.3. The first-order valence-electron chi connectivity index (χ1n) is 10.6. The number of methoxy groups -OCH3 is 1. The summed E-state index contributed by atoms with van der Waals surface area (Å²) in [5.41, 5.74) is 1.30. The molecule has 0 radical (unpaired) electrons. The molecule has 2 aliphatic heterocycles. The van der Waals surface area contributed by atoms with Crippen LogP contribution in [0, 0.1) is 0 Å². The molecule has 2 heterocycles. The van der Waals surface area contributed by atoms with Crippen molar-refractivity contribution in [2.45, 2.75) is 57.8 Å². The van der Waals surface area contributed by atoms with Gasteiger partial charge in [0.25, 0.3) is 0 Å². The summed E-state index contributed by atoms with van der Waals surface area (Å²) in [6, 6.07) is 10.2. The van der Waals surface area contributed by atoms with Crippen LogP contribution < -0.4 is 4.74 Å². The third kappa shape index (κ3) is 5.44. The van der Waals surface area contributed by atoms with Crippen LogP contribution in [0.1, 0.15) is 38.7 Å². The second kappa shape index (κ2) is 9.87. The van der Waals surface area contributed by atoms with E-state index in [-0.39, 0.29) is 6.61 Å². The number of piperazine rings is 1. The van der Waals surface area contributed by atoms with Crippen molar-refractivity contribution in [3.05, 3.63) is 29.8 Å². The highest BCUT2D eigenvalue weighted by Crippen LogP contribution is 2.25. The van der Waals surface area contributed by atoms with Gasteiger partial charge in [-0.1, -0.05) is 12.1 Å². The van der Waals surface area contributed by atoms with E-state index in [2.05, 4.69) is 46.7 Å². The van der Waals surface area contributed by atoms with Crippen molar-refractivity contribution in [2.24, 2.45) is 0 Å². The minimum absolute atomic E-state index is 0.277. The molecule has 1 N–H and O–H groups in total.